The largest absolute Gasteiger partial charge is 0.488 e. The zero-order valence-electron chi connectivity index (χ0n) is 16.5. The highest BCUT2D eigenvalue weighted by atomic mass is 16.5. The second-order valence-corrected chi connectivity index (χ2v) is 6.72. The first-order valence-corrected chi connectivity index (χ1v) is 9.46. The van der Waals surface area contributed by atoms with Crippen molar-refractivity contribution in [2.45, 2.75) is 39.9 Å². The van der Waals surface area contributed by atoms with Crippen molar-refractivity contribution in [1.82, 2.24) is 4.98 Å². The minimum absolute atomic E-state index is 0.348. The average Bonchev–Trinajstić information content (AvgIpc) is 2.72. The number of aryl methyl sites for hydroxylation is 2. The number of esters is 1. The molecule has 1 heterocycles. The van der Waals surface area contributed by atoms with Gasteiger partial charge >= 0.3 is 5.97 Å². The van der Waals surface area contributed by atoms with Gasteiger partial charge in [0.1, 0.15) is 12.4 Å². The number of benzene rings is 2. The minimum atomic E-state index is -0.567. The van der Waals surface area contributed by atoms with Crippen LogP contribution in [0.1, 0.15) is 47.9 Å². The van der Waals surface area contributed by atoms with Gasteiger partial charge in [-0.25, -0.2) is 0 Å². The molecular weight excluding hydrogens is 350 g/mol. The molecule has 28 heavy (non-hydrogen) atoms. The summed E-state index contributed by atoms with van der Waals surface area (Å²) in [5.41, 5.74) is 4.78. The van der Waals surface area contributed by atoms with Crippen LogP contribution in [-0.4, -0.2) is 11.0 Å². The quantitative estimate of drug-likeness (QED) is 0.534. The number of pyridine rings is 1. The topological polar surface area (TPSA) is 48.4 Å². The summed E-state index contributed by atoms with van der Waals surface area (Å²) in [5, 5.41) is 0. The van der Waals surface area contributed by atoms with Crippen molar-refractivity contribution in [1.29, 1.82) is 0 Å². The van der Waals surface area contributed by atoms with Gasteiger partial charge in [-0.15, -0.1) is 0 Å². The van der Waals surface area contributed by atoms with E-state index in [1.165, 1.54) is 6.92 Å². The van der Waals surface area contributed by atoms with Gasteiger partial charge in [-0.3, -0.25) is 9.78 Å². The van der Waals surface area contributed by atoms with Crippen LogP contribution >= 0.6 is 0 Å². The van der Waals surface area contributed by atoms with Gasteiger partial charge in [0.2, 0.25) is 0 Å². The average molecular weight is 375 g/mol. The lowest BCUT2D eigenvalue weighted by molar-refractivity contribution is -0.144. The molecule has 1 unspecified atom stereocenters. The highest BCUT2D eigenvalue weighted by Crippen LogP contribution is 2.34. The molecule has 0 aliphatic rings. The predicted molar refractivity (Wildman–Crippen MR) is 109 cm³/mol. The molecule has 0 fully saturated rings. The SMILES string of the molecule is CCc1ccc(C(OC(C)=O)c2ccc(C)nc2)c(OCc2ccccc2)c1. The summed E-state index contributed by atoms with van der Waals surface area (Å²) in [6.07, 6.45) is 2.08. The standard InChI is InChI=1S/C24H25NO3/c1-4-19-11-13-22(23(14-19)27-16-20-8-6-5-7-9-20)24(28-18(3)26)21-12-10-17(2)25-15-21/h5-15,24H,4,16H2,1-3H3. The van der Waals surface area contributed by atoms with Crippen LogP contribution in [0.4, 0.5) is 0 Å². The molecule has 0 amide bonds. The molecule has 0 bridgehead atoms. The Kier molecular flexibility index (Phi) is 6.43. The van der Waals surface area contributed by atoms with E-state index >= 15 is 0 Å². The van der Waals surface area contributed by atoms with Gasteiger partial charge in [0.05, 0.1) is 0 Å². The Morgan fingerprint density at radius 1 is 1.04 bits per heavy atom. The number of carbonyl (C=O) groups excluding carboxylic acids is 1. The number of rotatable bonds is 7. The van der Waals surface area contributed by atoms with Crippen molar-refractivity contribution in [3.63, 3.8) is 0 Å². The monoisotopic (exact) mass is 375 g/mol. The van der Waals surface area contributed by atoms with Crippen LogP contribution in [0.25, 0.3) is 0 Å². The van der Waals surface area contributed by atoms with Crippen molar-refractivity contribution in [3.05, 3.63) is 94.8 Å². The maximum atomic E-state index is 11.8. The normalized spacial score (nSPS) is 11.7. The van der Waals surface area contributed by atoms with Crippen molar-refractivity contribution < 1.29 is 14.3 Å². The summed E-state index contributed by atoms with van der Waals surface area (Å²) in [7, 11) is 0. The first-order chi connectivity index (χ1) is 13.6. The van der Waals surface area contributed by atoms with E-state index in [0.717, 1.165) is 40.1 Å². The van der Waals surface area contributed by atoms with E-state index in [2.05, 4.69) is 11.9 Å². The Morgan fingerprint density at radius 2 is 1.82 bits per heavy atom. The number of ether oxygens (including phenoxy) is 2. The van der Waals surface area contributed by atoms with Crippen LogP contribution in [0.5, 0.6) is 5.75 Å². The van der Waals surface area contributed by atoms with E-state index < -0.39 is 6.10 Å². The van der Waals surface area contributed by atoms with Crippen molar-refractivity contribution in [3.8, 4) is 5.75 Å². The molecule has 1 aromatic heterocycles. The van der Waals surface area contributed by atoms with Crippen LogP contribution < -0.4 is 4.74 Å². The van der Waals surface area contributed by atoms with Crippen LogP contribution in [0, 0.1) is 6.92 Å². The van der Waals surface area contributed by atoms with Gasteiger partial charge in [-0.2, -0.15) is 0 Å². The number of nitrogens with zero attached hydrogens (tertiary/aromatic N) is 1. The fourth-order valence-electron chi connectivity index (χ4n) is 2.99. The molecule has 1 atom stereocenters. The summed E-state index contributed by atoms with van der Waals surface area (Å²) in [5.74, 6) is 0.370. The molecule has 3 rings (SSSR count). The van der Waals surface area contributed by atoms with Crippen molar-refractivity contribution >= 4 is 5.97 Å². The van der Waals surface area contributed by atoms with Gasteiger partial charge in [0.15, 0.2) is 6.10 Å². The molecule has 0 saturated heterocycles. The van der Waals surface area contributed by atoms with E-state index in [1.54, 1.807) is 6.20 Å². The molecule has 0 aliphatic carbocycles. The molecule has 3 aromatic rings. The lowest BCUT2D eigenvalue weighted by atomic mass is 9.99. The van der Waals surface area contributed by atoms with E-state index in [4.69, 9.17) is 9.47 Å². The lowest BCUT2D eigenvalue weighted by Gasteiger charge is -2.21. The van der Waals surface area contributed by atoms with Crippen molar-refractivity contribution in [2.24, 2.45) is 0 Å². The lowest BCUT2D eigenvalue weighted by Crippen LogP contribution is -2.12. The summed E-state index contributed by atoms with van der Waals surface area (Å²) in [4.78, 5) is 16.2. The summed E-state index contributed by atoms with van der Waals surface area (Å²) < 4.78 is 11.8. The van der Waals surface area contributed by atoms with Crippen LogP contribution in [0.2, 0.25) is 0 Å². The molecule has 0 radical (unpaired) electrons. The molecule has 4 nitrogen and oxygen atoms in total. The van der Waals surface area contributed by atoms with E-state index in [-0.39, 0.29) is 5.97 Å². The second kappa shape index (κ2) is 9.18. The Labute approximate surface area is 166 Å². The Hall–Kier alpha value is -3.14. The third-order valence-electron chi connectivity index (χ3n) is 4.53. The summed E-state index contributed by atoms with van der Waals surface area (Å²) in [6, 6.07) is 19.9. The summed E-state index contributed by atoms with van der Waals surface area (Å²) in [6.45, 7) is 5.89. The zero-order chi connectivity index (χ0) is 19.9. The van der Waals surface area contributed by atoms with Crippen molar-refractivity contribution in [2.75, 3.05) is 0 Å². The predicted octanol–water partition coefficient (Wildman–Crippen LogP) is 5.18. The number of aromatic nitrogens is 1. The third kappa shape index (κ3) is 4.97. The molecule has 0 aliphatic heterocycles. The third-order valence-corrected chi connectivity index (χ3v) is 4.53. The Morgan fingerprint density at radius 3 is 2.46 bits per heavy atom. The van der Waals surface area contributed by atoms with Gasteiger partial charge in [-0.05, 0) is 36.6 Å². The molecule has 0 spiro atoms. The number of hydrogen-bond acceptors (Lipinski definition) is 4. The number of hydrogen-bond donors (Lipinski definition) is 0. The minimum Gasteiger partial charge on any atom is -0.488 e. The fourth-order valence-corrected chi connectivity index (χ4v) is 2.99. The van der Waals surface area contributed by atoms with E-state index in [1.807, 2.05) is 67.6 Å². The second-order valence-electron chi connectivity index (χ2n) is 6.72. The zero-order valence-corrected chi connectivity index (χ0v) is 16.5. The fraction of sp³-hybridized carbons (Fsp3) is 0.250. The highest BCUT2D eigenvalue weighted by Gasteiger charge is 2.22. The van der Waals surface area contributed by atoms with Crippen LogP contribution in [-0.2, 0) is 22.6 Å². The molecule has 4 heteroatoms. The van der Waals surface area contributed by atoms with Crippen LogP contribution in [0.3, 0.4) is 0 Å². The van der Waals surface area contributed by atoms with E-state index in [0.29, 0.717) is 6.61 Å². The van der Waals surface area contributed by atoms with E-state index in [9.17, 15) is 4.79 Å². The maximum Gasteiger partial charge on any atom is 0.303 e. The molecule has 0 N–H and O–H groups in total. The molecule has 144 valence electrons. The van der Waals surface area contributed by atoms with Gasteiger partial charge in [0, 0.05) is 29.9 Å². The molecule has 2 aromatic carbocycles. The molecule has 0 saturated carbocycles. The van der Waals surface area contributed by atoms with Gasteiger partial charge < -0.3 is 9.47 Å². The first-order valence-electron chi connectivity index (χ1n) is 9.46. The van der Waals surface area contributed by atoms with Gasteiger partial charge in [-0.1, -0.05) is 55.5 Å². The Balaban J connectivity index is 1.98. The highest BCUT2D eigenvalue weighted by molar-refractivity contribution is 5.67. The van der Waals surface area contributed by atoms with Crippen LogP contribution in [0.15, 0.2) is 66.9 Å². The smallest absolute Gasteiger partial charge is 0.303 e. The first kappa shape index (κ1) is 19.6. The maximum absolute atomic E-state index is 11.8. The van der Waals surface area contributed by atoms with Gasteiger partial charge in [0.25, 0.3) is 0 Å². The number of carbonyl (C=O) groups is 1. The Bertz CT molecular complexity index is 920. The summed E-state index contributed by atoms with van der Waals surface area (Å²) >= 11 is 0. The molecular formula is C24H25NO3.